The van der Waals surface area contributed by atoms with Crippen LogP contribution < -0.4 is 0 Å². The topological polar surface area (TPSA) is 57.6 Å². The molecule has 0 aliphatic heterocycles. The summed E-state index contributed by atoms with van der Waals surface area (Å²) in [5.41, 5.74) is -0.765. The Morgan fingerprint density at radius 3 is 2.04 bits per heavy atom. The van der Waals surface area contributed by atoms with Crippen molar-refractivity contribution in [3.63, 3.8) is 0 Å². The second-order valence-electron chi connectivity index (χ2n) is 5.13. The maximum absolute atomic E-state index is 12.4. The number of alkyl halides is 3. The molecule has 0 heterocycles. The minimum absolute atomic E-state index is 0.0762. The van der Waals surface area contributed by atoms with Crippen molar-refractivity contribution in [3.05, 3.63) is 35.4 Å². The fraction of sp³-hybridized carbons (Fsp3) is 0.500. The molecule has 0 saturated carbocycles. The van der Waals surface area contributed by atoms with Gasteiger partial charge in [-0.15, -0.1) is 0 Å². The first-order chi connectivity index (χ1) is 10.7. The number of rotatable bonds is 7. The van der Waals surface area contributed by atoms with Crippen LogP contribution in [-0.2, 0) is 11.0 Å². The van der Waals surface area contributed by atoms with Crippen molar-refractivity contribution < 1.29 is 27.9 Å². The molecule has 4 nitrogen and oxygen atoms in total. The molecule has 0 unspecified atom stereocenters. The lowest BCUT2D eigenvalue weighted by molar-refractivity contribution is -0.137. The zero-order chi connectivity index (χ0) is 17.6. The lowest BCUT2D eigenvalue weighted by Gasteiger charge is -2.20. The number of halogens is 3. The molecule has 0 aliphatic carbocycles. The number of nitrogens with zero attached hydrogens (tertiary/aromatic N) is 1. The summed E-state index contributed by atoms with van der Waals surface area (Å²) in [4.78, 5) is 25.3. The van der Waals surface area contributed by atoms with Gasteiger partial charge in [0.15, 0.2) is 5.78 Å². The van der Waals surface area contributed by atoms with E-state index in [2.05, 4.69) is 0 Å². The van der Waals surface area contributed by atoms with Crippen LogP contribution in [0.2, 0.25) is 0 Å². The molecular weight excluding hydrogens is 311 g/mol. The summed E-state index contributed by atoms with van der Waals surface area (Å²) in [5.74, 6) is -0.763. The molecule has 0 bridgehead atoms. The summed E-state index contributed by atoms with van der Waals surface area (Å²) in [7, 11) is 0. The van der Waals surface area contributed by atoms with Gasteiger partial charge in [0.1, 0.15) is 0 Å². The van der Waals surface area contributed by atoms with Crippen LogP contribution in [0.1, 0.15) is 42.6 Å². The zero-order valence-electron chi connectivity index (χ0n) is 13.1. The number of aliphatic hydroxyl groups is 1. The number of carbonyl (C=O) groups excluding carboxylic acids is 2. The van der Waals surface area contributed by atoms with E-state index in [1.54, 1.807) is 13.8 Å². The zero-order valence-corrected chi connectivity index (χ0v) is 13.1. The Labute approximate surface area is 132 Å². The van der Waals surface area contributed by atoms with E-state index < -0.39 is 23.6 Å². The average Bonchev–Trinajstić information content (AvgIpc) is 2.47. The highest BCUT2D eigenvalue weighted by atomic mass is 19.4. The smallest absolute Gasteiger partial charge is 0.392 e. The van der Waals surface area contributed by atoms with Gasteiger partial charge < -0.3 is 10.0 Å². The largest absolute Gasteiger partial charge is 0.416 e. The molecule has 1 rings (SSSR count). The van der Waals surface area contributed by atoms with Crippen LogP contribution in [-0.4, -0.2) is 40.9 Å². The van der Waals surface area contributed by atoms with E-state index in [4.69, 9.17) is 0 Å². The van der Waals surface area contributed by atoms with Gasteiger partial charge in [0.2, 0.25) is 5.91 Å². The van der Waals surface area contributed by atoms with Gasteiger partial charge in [-0.05, 0) is 26.0 Å². The first-order valence-electron chi connectivity index (χ1n) is 7.35. The van der Waals surface area contributed by atoms with Crippen molar-refractivity contribution in [1.29, 1.82) is 0 Å². The fourth-order valence-corrected chi connectivity index (χ4v) is 2.16. The average molecular weight is 331 g/mol. The second kappa shape index (κ2) is 8.10. The fourth-order valence-electron chi connectivity index (χ4n) is 2.16. The predicted octanol–water partition coefficient (Wildman–Crippen LogP) is 2.90. The van der Waals surface area contributed by atoms with E-state index in [9.17, 15) is 27.9 Å². The molecule has 1 aromatic carbocycles. The van der Waals surface area contributed by atoms with Gasteiger partial charge in [-0.3, -0.25) is 9.59 Å². The molecular formula is C16H20F3NO3. The SMILES string of the molecule is CCN(CC)C(=O)C[C@@H](O)CC(=O)c1ccc(C(F)(F)F)cc1. The van der Waals surface area contributed by atoms with Crippen molar-refractivity contribution >= 4 is 11.7 Å². The third-order valence-corrected chi connectivity index (χ3v) is 3.48. The van der Waals surface area contributed by atoms with Gasteiger partial charge in [0, 0.05) is 25.1 Å². The van der Waals surface area contributed by atoms with Crippen LogP contribution in [0, 0.1) is 0 Å². The third kappa shape index (κ3) is 5.67. The lowest BCUT2D eigenvalue weighted by atomic mass is 10.0. The minimum Gasteiger partial charge on any atom is -0.392 e. The van der Waals surface area contributed by atoms with Crippen molar-refractivity contribution in [3.8, 4) is 0 Å². The summed E-state index contributed by atoms with van der Waals surface area (Å²) < 4.78 is 37.3. The van der Waals surface area contributed by atoms with E-state index in [1.807, 2.05) is 0 Å². The number of hydrogen-bond donors (Lipinski definition) is 1. The molecule has 0 aromatic heterocycles. The predicted molar refractivity (Wildman–Crippen MR) is 78.9 cm³/mol. The van der Waals surface area contributed by atoms with E-state index in [1.165, 1.54) is 4.90 Å². The molecule has 1 N–H and O–H groups in total. The molecule has 0 fully saturated rings. The Balaban J connectivity index is 2.63. The highest BCUT2D eigenvalue weighted by molar-refractivity contribution is 5.96. The maximum atomic E-state index is 12.4. The van der Waals surface area contributed by atoms with E-state index >= 15 is 0 Å². The highest BCUT2D eigenvalue weighted by Crippen LogP contribution is 2.29. The molecule has 128 valence electrons. The molecule has 0 saturated heterocycles. The van der Waals surface area contributed by atoms with Crippen LogP contribution in [0.5, 0.6) is 0 Å². The molecule has 23 heavy (non-hydrogen) atoms. The monoisotopic (exact) mass is 331 g/mol. The maximum Gasteiger partial charge on any atom is 0.416 e. The Bertz CT molecular complexity index is 536. The van der Waals surface area contributed by atoms with E-state index in [0.717, 1.165) is 24.3 Å². The van der Waals surface area contributed by atoms with Crippen molar-refractivity contribution in [2.45, 2.75) is 39.0 Å². The van der Waals surface area contributed by atoms with Gasteiger partial charge in [0.25, 0.3) is 0 Å². The Morgan fingerprint density at radius 1 is 1.09 bits per heavy atom. The molecule has 1 amide bonds. The normalized spacial score (nSPS) is 12.8. The third-order valence-electron chi connectivity index (χ3n) is 3.48. The second-order valence-corrected chi connectivity index (χ2v) is 5.13. The van der Waals surface area contributed by atoms with E-state index in [0.29, 0.717) is 13.1 Å². The number of hydrogen-bond acceptors (Lipinski definition) is 3. The summed E-state index contributed by atoms with van der Waals surface area (Å²) in [5, 5.41) is 9.83. The summed E-state index contributed by atoms with van der Waals surface area (Å²) in [6, 6.07) is 3.79. The first kappa shape index (κ1) is 19.2. The van der Waals surface area contributed by atoms with Crippen LogP contribution >= 0.6 is 0 Å². The van der Waals surface area contributed by atoms with Crippen LogP contribution in [0.25, 0.3) is 0 Å². The molecule has 0 spiro atoms. The summed E-state index contributed by atoms with van der Waals surface area (Å²) >= 11 is 0. The van der Waals surface area contributed by atoms with Crippen molar-refractivity contribution in [2.24, 2.45) is 0 Å². The molecule has 1 atom stereocenters. The number of amides is 1. The van der Waals surface area contributed by atoms with Crippen LogP contribution in [0.3, 0.4) is 0 Å². The number of Topliss-reactive ketones (excluding diaryl/α,β-unsaturated/α-hetero) is 1. The summed E-state index contributed by atoms with van der Waals surface area (Å²) in [6.07, 6.45) is -6.11. The van der Waals surface area contributed by atoms with Crippen LogP contribution in [0.15, 0.2) is 24.3 Å². The van der Waals surface area contributed by atoms with Gasteiger partial charge >= 0.3 is 6.18 Å². The Hall–Kier alpha value is -1.89. The van der Waals surface area contributed by atoms with Gasteiger partial charge in [0.05, 0.1) is 18.1 Å². The Morgan fingerprint density at radius 2 is 1.61 bits per heavy atom. The molecule has 0 radical (unpaired) electrons. The number of ketones is 1. The number of aliphatic hydroxyl groups excluding tert-OH is 1. The van der Waals surface area contributed by atoms with E-state index in [-0.39, 0.29) is 24.3 Å². The van der Waals surface area contributed by atoms with Crippen LogP contribution in [0.4, 0.5) is 13.2 Å². The molecule has 1 aromatic rings. The first-order valence-corrected chi connectivity index (χ1v) is 7.35. The van der Waals surface area contributed by atoms with Gasteiger partial charge in [-0.2, -0.15) is 13.2 Å². The van der Waals surface area contributed by atoms with Crippen molar-refractivity contribution in [2.75, 3.05) is 13.1 Å². The molecule has 7 heteroatoms. The Kier molecular flexibility index (Phi) is 6.75. The van der Waals surface area contributed by atoms with Crippen molar-refractivity contribution in [1.82, 2.24) is 4.90 Å². The highest BCUT2D eigenvalue weighted by Gasteiger charge is 2.30. The lowest BCUT2D eigenvalue weighted by Crippen LogP contribution is -2.33. The molecule has 0 aliphatic rings. The summed E-state index contributed by atoms with van der Waals surface area (Å²) in [6.45, 7) is 4.63. The number of benzene rings is 1. The number of carbonyl (C=O) groups is 2. The standard InChI is InChI=1S/C16H20F3NO3/c1-3-20(4-2)15(23)10-13(21)9-14(22)11-5-7-12(8-6-11)16(17,18)19/h5-8,13,21H,3-4,9-10H2,1-2H3/t13-/m0/s1. The van der Waals surface area contributed by atoms with Gasteiger partial charge in [-0.1, -0.05) is 12.1 Å². The van der Waals surface area contributed by atoms with Gasteiger partial charge in [-0.25, -0.2) is 0 Å². The minimum atomic E-state index is -4.46. The quantitative estimate of drug-likeness (QED) is 0.782.